The summed E-state index contributed by atoms with van der Waals surface area (Å²) in [5.74, 6) is -1.18. The van der Waals surface area contributed by atoms with Crippen LogP contribution in [0.4, 0.5) is 0 Å². The van der Waals surface area contributed by atoms with Crippen molar-refractivity contribution >= 4 is 24.0 Å². The number of hydrogen-bond acceptors (Lipinski definition) is 7. The predicted molar refractivity (Wildman–Crippen MR) is 128 cm³/mol. The Labute approximate surface area is 191 Å². The van der Waals surface area contributed by atoms with E-state index in [2.05, 4.69) is 40.5 Å². The summed E-state index contributed by atoms with van der Waals surface area (Å²) in [6, 6.07) is 10.0. The SMILES string of the molecule is C=C(C)C(=O)OC.C=CC(=O)OCCCC.C=CC(=O)OCCO.C=Cc1ccccc1. The smallest absolute Gasteiger partial charge is 0.332 e. The van der Waals surface area contributed by atoms with Crippen molar-refractivity contribution in [2.45, 2.75) is 26.7 Å². The molecule has 0 fully saturated rings. The van der Waals surface area contributed by atoms with E-state index in [1.54, 1.807) is 6.92 Å². The van der Waals surface area contributed by atoms with Crippen molar-refractivity contribution in [2.75, 3.05) is 26.9 Å². The lowest BCUT2D eigenvalue weighted by Gasteiger charge is -1.97. The van der Waals surface area contributed by atoms with Gasteiger partial charge in [0.15, 0.2) is 0 Å². The molecule has 0 aliphatic carbocycles. The summed E-state index contributed by atoms with van der Waals surface area (Å²) in [4.78, 5) is 30.7. The third kappa shape index (κ3) is 26.6. The number of carbonyl (C=O) groups is 3. The molecule has 0 aliphatic heterocycles. The molecule has 7 heteroatoms. The monoisotopic (exact) mass is 448 g/mol. The van der Waals surface area contributed by atoms with Gasteiger partial charge in [-0.15, -0.1) is 0 Å². The molecule has 32 heavy (non-hydrogen) atoms. The molecule has 0 amide bonds. The predicted octanol–water partition coefficient (Wildman–Crippen LogP) is 4.29. The van der Waals surface area contributed by atoms with Crippen molar-refractivity contribution < 1.29 is 33.7 Å². The Bertz CT molecular complexity index is 679. The van der Waals surface area contributed by atoms with Crippen LogP contribution < -0.4 is 0 Å². The first kappa shape index (κ1) is 33.2. The highest BCUT2D eigenvalue weighted by Crippen LogP contribution is 1.97. The molecule has 0 saturated heterocycles. The molecule has 1 aromatic carbocycles. The Kier molecular flexibility index (Phi) is 26.5. The summed E-state index contributed by atoms with van der Waals surface area (Å²) in [5, 5.41) is 8.10. The second-order valence-corrected chi connectivity index (χ2v) is 5.71. The van der Waals surface area contributed by atoms with Crippen LogP contribution in [0.25, 0.3) is 6.08 Å². The van der Waals surface area contributed by atoms with Crippen molar-refractivity contribution in [3.8, 4) is 0 Å². The van der Waals surface area contributed by atoms with Crippen LogP contribution in [0.3, 0.4) is 0 Å². The lowest BCUT2D eigenvalue weighted by molar-refractivity contribution is -0.139. The molecule has 0 aromatic heterocycles. The lowest BCUT2D eigenvalue weighted by Crippen LogP contribution is -2.04. The number of unbranched alkanes of at least 4 members (excludes halogenated alkanes) is 1. The number of ether oxygens (including phenoxy) is 3. The first-order valence-corrected chi connectivity index (χ1v) is 9.84. The number of rotatable bonds is 9. The van der Waals surface area contributed by atoms with Crippen molar-refractivity contribution in [2.24, 2.45) is 0 Å². The maximum atomic E-state index is 10.3. The van der Waals surface area contributed by atoms with Gasteiger partial charge in [0.2, 0.25) is 0 Å². The molecule has 7 nitrogen and oxygen atoms in total. The van der Waals surface area contributed by atoms with Crippen LogP contribution in [0.1, 0.15) is 32.3 Å². The molecule has 0 aliphatic rings. The molecule has 1 N–H and O–H groups in total. The van der Waals surface area contributed by atoms with Crippen molar-refractivity contribution in [1.82, 2.24) is 0 Å². The average molecular weight is 449 g/mol. The Morgan fingerprint density at radius 3 is 1.75 bits per heavy atom. The zero-order chi connectivity index (χ0) is 25.2. The third-order valence-corrected chi connectivity index (χ3v) is 2.98. The van der Waals surface area contributed by atoms with Gasteiger partial charge in [0.25, 0.3) is 0 Å². The summed E-state index contributed by atoms with van der Waals surface area (Å²) in [6.45, 7) is 17.5. The normalized spacial score (nSPS) is 8.25. The van der Waals surface area contributed by atoms with Crippen molar-refractivity contribution in [3.63, 3.8) is 0 Å². The largest absolute Gasteiger partial charge is 0.466 e. The zero-order valence-corrected chi connectivity index (χ0v) is 19.4. The first-order valence-electron chi connectivity index (χ1n) is 9.84. The Morgan fingerprint density at radius 1 is 0.969 bits per heavy atom. The van der Waals surface area contributed by atoms with Crippen LogP contribution in [-0.2, 0) is 28.6 Å². The number of aliphatic hydroxyl groups is 1. The number of hydrogen-bond donors (Lipinski definition) is 1. The van der Waals surface area contributed by atoms with Gasteiger partial charge in [-0.2, -0.15) is 0 Å². The van der Waals surface area contributed by atoms with Gasteiger partial charge < -0.3 is 19.3 Å². The summed E-state index contributed by atoms with van der Waals surface area (Å²) >= 11 is 0. The highest BCUT2D eigenvalue weighted by Gasteiger charge is 1.95. The lowest BCUT2D eigenvalue weighted by atomic mass is 10.2. The molecule has 0 atom stereocenters. The van der Waals surface area contributed by atoms with E-state index in [1.807, 2.05) is 43.3 Å². The van der Waals surface area contributed by atoms with Crippen molar-refractivity contribution in [1.29, 1.82) is 0 Å². The van der Waals surface area contributed by atoms with Crippen LogP contribution in [0, 0.1) is 0 Å². The van der Waals surface area contributed by atoms with E-state index < -0.39 is 5.97 Å². The van der Waals surface area contributed by atoms with Gasteiger partial charge in [-0.1, -0.05) is 76.1 Å². The second-order valence-electron chi connectivity index (χ2n) is 5.71. The van der Waals surface area contributed by atoms with E-state index in [-0.39, 0.29) is 25.2 Å². The molecular formula is C25H36O7. The third-order valence-electron chi connectivity index (χ3n) is 2.98. The Morgan fingerprint density at radius 2 is 1.47 bits per heavy atom. The fraction of sp³-hybridized carbons (Fsp3) is 0.320. The summed E-state index contributed by atoms with van der Waals surface area (Å²) < 4.78 is 13.3. The highest BCUT2D eigenvalue weighted by atomic mass is 16.5. The number of aliphatic hydroxyl groups excluding tert-OH is 1. The van der Waals surface area contributed by atoms with Crippen LogP contribution >= 0.6 is 0 Å². The molecule has 0 radical (unpaired) electrons. The van der Waals surface area contributed by atoms with E-state index in [9.17, 15) is 14.4 Å². The Hall–Kier alpha value is -3.45. The standard InChI is InChI=1S/C8H8.C7H12O2.C5H8O3.C5H8O2/c1-2-8-6-4-3-5-7-8;1-3-5-6-9-7(8)4-2;1-2-5(7)8-4-3-6;1-4(2)5(6)7-3/h2-7H,1H2;4H,2-3,5-6H2,1H3;2,6H,1,3-4H2;1H2,2-3H3. The molecule has 0 bridgehead atoms. The van der Waals surface area contributed by atoms with Crippen molar-refractivity contribution in [3.05, 3.63) is 79.9 Å². The molecule has 1 rings (SSSR count). The summed E-state index contributed by atoms with van der Waals surface area (Å²) in [7, 11) is 1.33. The molecule has 0 unspecified atom stereocenters. The minimum atomic E-state index is -0.501. The van der Waals surface area contributed by atoms with E-state index in [0.29, 0.717) is 12.2 Å². The molecule has 178 valence electrons. The van der Waals surface area contributed by atoms with Gasteiger partial charge in [0.1, 0.15) is 6.61 Å². The van der Waals surface area contributed by atoms with E-state index in [1.165, 1.54) is 18.7 Å². The minimum absolute atomic E-state index is 0.0465. The highest BCUT2D eigenvalue weighted by molar-refractivity contribution is 5.86. The second kappa shape index (κ2) is 25.6. The molecule has 0 heterocycles. The first-order chi connectivity index (χ1) is 15.2. The van der Waals surface area contributed by atoms with E-state index >= 15 is 0 Å². The topological polar surface area (TPSA) is 99.1 Å². The summed E-state index contributed by atoms with van der Waals surface area (Å²) in [6.07, 6.45) is 6.04. The fourth-order valence-corrected chi connectivity index (χ4v) is 1.34. The van der Waals surface area contributed by atoms with Gasteiger partial charge in [-0.3, -0.25) is 0 Å². The van der Waals surface area contributed by atoms with Crippen LogP contribution in [-0.4, -0.2) is 49.9 Å². The number of carbonyl (C=O) groups excluding carboxylic acids is 3. The van der Waals surface area contributed by atoms with Gasteiger partial charge >= 0.3 is 17.9 Å². The van der Waals surface area contributed by atoms with Crippen LogP contribution in [0.5, 0.6) is 0 Å². The number of esters is 3. The fourth-order valence-electron chi connectivity index (χ4n) is 1.34. The Balaban J connectivity index is -0.000000352. The van der Waals surface area contributed by atoms with Gasteiger partial charge in [-0.25, -0.2) is 14.4 Å². The molecule has 0 spiro atoms. The molecule has 1 aromatic rings. The average Bonchev–Trinajstić information content (AvgIpc) is 2.83. The minimum Gasteiger partial charge on any atom is -0.466 e. The maximum absolute atomic E-state index is 10.3. The van der Waals surface area contributed by atoms with E-state index in [4.69, 9.17) is 5.11 Å². The van der Waals surface area contributed by atoms with Crippen LogP contribution in [0.15, 0.2) is 74.4 Å². The van der Waals surface area contributed by atoms with Gasteiger partial charge in [0.05, 0.1) is 20.3 Å². The maximum Gasteiger partial charge on any atom is 0.332 e. The van der Waals surface area contributed by atoms with Crippen LogP contribution in [0.2, 0.25) is 0 Å². The molecule has 0 saturated carbocycles. The zero-order valence-electron chi connectivity index (χ0n) is 19.4. The quantitative estimate of drug-likeness (QED) is 0.260. The summed E-state index contributed by atoms with van der Waals surface area (Å²) in [5.41, 5.74) is 1.61. The van der Waals surface area contributed by atoms with Gasteiger partial charge in [-0.05, 0) is 18.9 Å². The van der Waals surface area contributed by atoms with E-state index in [0.717, 1.165) is 18.9 Å². The van der Waals surface area contributed by atoms with Gasteiger partial charge in [0, 0.05) is 17.7 Å². The number of benzene rings is 1. The molecular weight excluding hydrogens is 412 g/mol. The number of methoxy groups -OCH3 is 1.